The van der Waals surface area contributed by atoms with Gasteiger partial charge in [-0.05, 0) is 29.3 Å². The Hall–Kier alpha value is -4.74. The van der Waals surface area contributed by atoms with Crippen molar-refractivity contribution in [1.29, 1.82) is 5.26 Å². The van der Waals surface area contributed by atoms with Crippen LogP contribution >= 0.6 is 0 Å². The molecule has 0 spiro atoms. The summed E-state index contributed by atoms with van der Waals surface area (Å²) in [5, 5.41) is 8.93. The number of carbonyl (C=O) groups is 2. The molecule has 6 rings (SSSR count). The molecular weight excluding hydrogens is 577 g/mol. The molecule has 0 aliphatic carbocycles. The summed E-state index contributed by atoms with van der Waals surface area (Å²) in [6.45, 7) is 2.22. The van der Waals surface area contributed by atoms with Gasteiger partial charge in [-0.1, -0.05) is 30.3 Å². The molecule has 2 fully saturated rings. The van der Waals surface area contributed by atoms with Crippen LogP contribution in [-0.2, 0) is 11.3 Å². The fourth-order valence-electron chi connectivity index (χ4n) is 6.07. The van der Waals surface area contributed by atoms with Crippen LogP contribution in [0.3, 0.4) is 0 Å². The number of amides is 2. The largest absolute Gasteiger partial charge is 0.492 e. The smallest absolute Gasteiger partial charge is 0.402 e. The van der Waals surface area contributed by atoms with Gasteiger partial charge < -0.3 is 14.5 Å². The maximum atomic E-state index is 14.0. The van der Waals surface area contributed by atoms with Crippen LogP contribution in [0, 0.1) is 17.2 Å². The van der Waals surface area contributed by atoms with Gasteiger partial charge in [0.25, 0.3) is 5.91 Å². The Morgan fingerprint density at radius 2 is 1.86 bits per heavy atom. The molecule has 0 saturated carbocycles. The lowest BCUT2D eigenvalue weighted by atomic mass is 9.94. The first-order valence-electron chi connectivity index (χ1n) is 14.1. The van der Waals surface area contributed by atoms with Gasteiger partial charge >= 0.3 is 6.18 Å². The van der Waals surface area contributed by atoms with Gasteiger partial charge in [-0.15, -0.1) is 0 Å². The van der Waals surface area contributed by atoms with E-state index in [-0.39, 0.29) is 31.3 Å². The number of aromatic nitrogens is 2. The number of hydrazine groups is 1. The third-order valence-corrected chi connectivity index (χ3v) is 8.27. The second kappa shape index (κ2) is 12.1. The van der Waals surface area contributed by atoms with E-state index >= 15 is 0 Å². The Kier molecular flexibility index (Phi) is 8.07. The van der Waals surface area contributed by atoms with Gasteiger partial charge in [-0.3, -0.25) is 19.9 Å². The minimum absolute atomic E-state index is 0.0294. The van der Waals surface area contributed by atoms with E-state index in [4.69, 9.17) is 10.00 Å². The highest BCUT2D eigenvalue weighted by atomic mass is 19.4. The number of hydrogen-bond donors (Lipinski definition) is 2. The van der Waals surface area contributed by atoms with E-state index in [1.54, 1.807) is 40.3 Å². The molecule has 2 N–H and O–H groups in total. The van der Waals surface area contributed by atoms with Crippen molar-refractivity contribution in [3.05, 3.63) is 83.3 Å². The van der Waals surface area contributed by atoms with Crippen LogP contribution < -0.4 is 20.5 Å². The SMILES string of the molecule is N#Cc1cnc(N2CCN(C(=O)c3cccc(OC[C@H]4c5ccccc5CN4C4CNNC(=O)C4C(F)(F)F)c3)CC2)cn1. The molecule has 3 atom stereocenters. The predicted molar refractivity (Wildman–Crippen MR) is 151 cm³/mol. The van der Waals surface area contributed by atoms with Crippen molar-refractivity contribution in [3.63, 3.8) is 0 Å². The molecule has 228 valence electrons. The first-order chi connectivity index (χ1) is 21.2. The molecule has 14 heteroatoms. The normalized spacial score (nSPS) is 22.2. The Labute approximate surface area is 251 Å². The summed E-state index contributed by atoms with van der Waals surface area (Å²) in [5.74, 6) is -2.41. The molecule has 4 heterocycles. The molecule has 3 aliphatic heterocycles. The topological polar surface area (TPSA) is 127 Å². The molecule has 2 aromatic carbocycles. The average molecular weight is 607 g/mol. The maximum Gasteiger partial charge on any atom is 0.402 e. The van der Waals surface area contributed by atoms with Crippen molar-refractivity contribution in [1.82, 2.24) is 30.6 Å². The third kappa shape index (κ3) is 5.88. The number of carbonyl (C=O) groups excluding carboxylic acids is 2. The highest BCUT2D eigenvalue weighted by Crippen LogP contribution is 2.41. The summed E-state index contributed by atoms with van der Waals surface area (Å²) in [6.07, 6.45) is -1.75. The molecule has 2 saturated heterocycles. The molecule has 0 bridgehead atoms. The fraction of sp³-hybridized carbons (Fsp3) is 0.367. The number of nitriles is 1. The van der Waals surface area contributed by atoms with Crippen molar-refractivity contribution < 1.29 is 27.5 Å². The second-order valence-electron chi connectivity index (χ2n) is 10.8. The zero-order valence-corrected chi connectivity index (χ0v) is 23.5. The number of halogens is 3. The number of benzene rings is 2. The highest BCUT2D eigenvalue weighted by molar-refractivity contribution is 5.94. The Balaban J connectivity index is 1.13. The van der Waals surface area contributed by atoms with Crippen LogP contribution in [0.25, 0.3) is 0 Å². The Morgan fingerprint density at radius 3 is 2.59 bits per heavy atom. The number of alkyl halides is 3. The van der Waals surface area contributed by atoms with Crippen molar-refractivity contribution in [3.8, 4) is 11.8 Å². The number of hydrogen-bond acceptors (Lipinski definition) is 9. The zero-order valence-electron chi connectivity index (χ0n) is 23.5. The average Bonchev–Trinajstić information content (AvgIpc) is 3.41. The monoisotopic (exact) mass is 606 g/mol. The lowest BCUT2D eigenvalue weighted by Gasteiger charge is -2.40. The predicted octanol–water partition coefficient (Wildman–Crippen LogP) is 2.43. The van der Waals surface area contributed by atoms with Crippen LogP contribution in [-0.4, -0.2) is 83.1 Å². The molecule has 44 heavy (non-hydrogen) atoms. The summed E-state index contributed by atoms with van der Waals surface area (Å²) >= 11 is 0. The van der Waals surface area contributed by atoms with E-state index in [1.807, 2.05) is 35.2 Å². The molecule has 2 unspecified atom stereocenters. The van der Waals surface area contributed by atoms with Crippen LogP contribution in [0.2, 0.25) is 0 Å². The number of nitrogens with one attached hydrogen (secondary N) is 2. The minimum Gasteiger partial charge on any atom is -0.492 e. The van der Waals surface area contributed by atoms with Crippen LogP contribution in [0.5, 0.6) is 5.75 Å². The van der Waals surface area contributed by atoms with E-state index in [0.29, 0.717) is 43.3 Å². The third-order valence-electron chi connectivity index (χ3n) is 8.27. The number of ether oxygens (including phenoxy) is 1. The van der Waals surface area contributed by atoms with E-state index in [2.05, 4.69) is 20.8 Å². The first kappa shape index (κ1) is 29.3. The van der Waals surface area contributed by atoms with Crippen molar-refractivity contribution in [2.45, 2.75) is 24.8 Å². The first-order valence-corrected chi connectivity index (χ1v) is 14.1. The molecular formula is C30H29F3N8O3. The standard InChI is InChI=1S/C30H29F3N8O3/c31-30(32,33)27-24(15-37-38-28(27)42)41-17-20-4-1-2-7-23(20)25(41)18-44-22-6-3-5-19(12-22)29(43)40-10-8-39(9-11-40)26-16-35-21(13-34)14-36-26/h1-7,12,14,16,24-25,27,37H,8-11,15,17-18H2,(H,38,42)/t24?,25-,27?/m0/s1. The van der Waals surface area contributed by atoms with Crippen molar-refractivity contribution in [2.24, 2.45) is 5.92 Å². The van der Waals surface area contributed by atoms with E-state index < -0.39 is 30.1 Å². The summed E-state index contributed by atoms with van der Waals surface area (Å²) in [4.78, 5) is 39.4. The zero-order chi connectivity index (χ0) is 30.8. The summed E-state index contributed by atoms with van der Waals surface area (Å²) in [7, 11) is 0. The van der Waals surface area contributed by atoms with Crippen LogP contribution in [0.4, 0.5) is 19.0 Å². The van der Waals surface area contributed by atoms with Gasteiger partial charge in [0.2, 0.25) is 5.91 Å². The molecule has 3 aromatic rings. The molecule has 3 aliphatic rings. The lowest BCUT2D eigenvalue weighted by Crippen LogP contribution is -2.64. The van der Waals surface area contributed by atoms with E-state index in [9.17, 15) is 22.8 Å². The van der Waals surface area contributed by atoms with Crippen molar-refractivity contribution in [2.75, 3.05) is 44.2 Å². The lowest BCUT2D eigenvalue weighted by molar-refractivity contribution is -0.202. The number of anilines is 1. The van der Waals surface area contributed by atoms with Crippen LogP contribution in [0.15, 0.2) is 60.9 Å². The molecule has 11 nitrogen and oxygen atoms in total. The fourth-order valence-corrected chi connectivity index (χ4v) is 6.07. The highest BCUT2D eigenvalue weighted by Gasteiger charge is 2.55. The van der Waals surface area contributed by atoms with Gasteiger partial charge in [0.1, 0.15) is 24.2 Å². The van der Waals surface area contributed by atoms with Gasteiger partial charge in [-0.2, -0.15) is 18.4 Å². The minimum atomic E-state index is -4.72. The van der Waals surface area contributed by atoms with Crippen LogP contribution in [0.1, 0.15) is 33.2 Å². The molecule has 0 radical (unpaired) electrons. The summed E-state index contributed by atoms with van der Waals surface area (Å²) in [5.41, 5.74) is 7.12. The Morgan fingerprint density at radius 1 is 1.07 bits per heavy atom. The van der Waals surface area contributed by atoms with E-state index in [1.165, 1.54) is 6.20 Å². The number of rotatable bonds is 6. The van der Waals surface area contributed by atoms with E-state index in [0.717, 1.165) is 11.1 Å². The van der Waals surface area contributed by atoms with Gasteiger partial charge in [0.05, 0.1) is 18.4 Å². The van der Waals surface area contributed by atoms with Gasteiger partial charge in [-0.25, -0.2) is 15.4 Å². The summed E-state index contributed by atoms with van der Waals surface area (Å²) < 4.78 is 48.2. The Bertz CT molecular complexity index is 1570. The maximum absolute atomic E-state index is 14.0. The number of fused-ring (bicyclic) bond motifs is 1. The van der Waals surface area contributed by atoms with Crippen molar-refractivity contribution >= 4 is 17.6 Å². The molecule has 2 amide bonds. The van der Waals surface area contributed by atoms with Gasteiger partial charge in [0.15, 0.2) is 11.6 Å². The van der Waals surface area contributed by atoms with Gasteiger partial charge in [0, 0.05) is 50.9 Å². The second-order valence-corrected chi connectivity index (χ2v) is 10.8. The number of piperazine rings is 1. The number of nitrogens with zero attached hydrogens (tertiary/aromatic N) is 6. The summed E-state index contributed by atoms with van der Waals surface area (Å²) in [6, 6.07) is 14.4. The molecule has 1 aromatic heterocycles. The quantitative estimate of drug-likeness (QED) is 0.435.